The lowest BCUT2D eigenvalue weighted by molar-refractivity contribution is -0.197. The Morgan fingerprint density at radius 3 is 0.471 bits per heavy atom. The predicted octanol–water partition coefficient (Wildman–Crippen LogP) is -2.60. The van der Waals surface area contributed by atoms with Gasteiger partial charge in [-0.1, -0.05) is 34.6 Å². The number of carbonyl (C=O) groups is 25. The SMILES string of the molecule is C[13CH2][13CH]1[13CH2][13CH2][13CH2]N1[13CH2][13C](=O)NCCC(=O)NCC[13C](=O)ON1C(=O)CCC1=O.C[13CH2][13CH]1[13CH2][13CH2][13CH2][15N]1C[13C](=O)NCCC(=O)NCC[13C](=O)ON1C(=O)CCC1=O.C[13CH2][13CH]1[13CH2][13CH2][13CH2][15N]1[13CH2][13C](=O)NCCC(=O)NCCC(=O)ON1C(=O)CCC1=O.[13CH3][13CH2][13CH]1[13CH2][13CH2][13CH2]N1[13CH2][13C](=O)NCCC(=O)NCCC(=O)ON1C(=O)CCC1=O.[13CH3][13CH2][13CH]1[13CH2][13CH2][13CH2][15N]1[13CH2]C(=O)NCCC(=O)NCCC(=O)ON1C(=O)CCC1=O. The summed E-state index contributed by atoms with van der Waals surface area (Å²) in [6, 6.07) is 2.29. The lowest BCUT2D eigenvalue weighted by Crippen LogP contribution is -2.40. The number of likely N-dealkylation sites (tertiary alicyclic amines) is 5. The van der Waals surface area contributed by atoms with E-state index in [1.54, 1.807) is 0 Å². The molecule has 10 fully saturated rings. The number of nitrogens with zero attached hydrogens (tertiary/aromatic N) is 10. The zero-order valence-electron chi connectivity index (χ0n) is 81.0. The molecule has 10 N–H and O–H groups in total. The molecule has 0 saturated carbocycles. The first kappa shape index (κ1) is 116. The van der Waals surface area contributed by atoms with Crippen LogP contribution in [0.15, 0.2) is 0 Å². The molecule has 5 unspecified atom stereocenters. The first-order valence-electron chi connectivity index (χ1n) is 48.7. The fraction of sp³-hybridized carbons (Fsp3) is 0.722. The topological polar surface area (TPSA) is 626 Å². The summed E-state index contributed by atoms with van der Waals surface area (Å²) in [5, 5.41) is 28.7. The fourth-order valence-electron chi connectivity index (χ4n) is 16.6. The van der Waals surface area contributed by atoms with E-state index in [-0.39, 0.29) is 253 Å². The smallest absolute Gasteiger partial charge is 0.334 e. The molecule has 780 valence electrons. The Morgan fingerprint density at radius 2 is 0.336 bits per heavy atom. The van der Waals surface area contributed by atoms with Gasteiger partial charge in [-0.2, -0.15) is 0 Å². The molecule has 0 aromatic carbocycles. The molecule has 10 saturated heterocycles. The van der Waals surface area contributed by atoms with Gasteiger partial charge in [-0.05, 0) is 129 Å². The molecule has 140 heavy (non-hydrogen) atoms. The molecule has 10 heterocycles. The molecule has 0 radical (unpaired) electrons. The van der Waals surface area contributed by atoms with Gasteiger partial charge >= 0.3 is 29.8 Å². The van der Waals surface area contributed by atoms with Crippen molar-refractivity contribution < 1.29 is 144 Å². The van der Waals surface area contributed by atoms with Crippen molar-refractivity contribution in [1.82, 2.24) is 103 Å². The number of rotatable bonds is 50. The van der Waals surface area contributed by atoms with Gasteiger partial charge in [0, 0.05) is 192 Å². The first-order chi connectivity index (χ1) is 67.0. The van der Waals surface area contributed by atoms with Crippen molar-refractivity contribution in [3.05, 3.63) is 0 Å². The van der Waals surface area contributed by atoms with Crippen molar-refractivity contribution in [2.45, 2.75) is 290 Å². The Hall–Kier alpha value is -12.4. The molecular formula is C90H140N20O30. The minimum absolute atomic E-state index is 0.0216. The Labute approximate surface area is 812 Å². The summed E-state index contributed by atoms with van der Waals surface area (Å²) in [6.07, 6.45) is 16.3. The van der Waals surface area contributed by atoms with Crippen molar-refractivity contribution in [3.63, 3.8) is 0 Å². The molecule has 10 aliphatic rings. The molecule has 5 atom stereocenters. The minimum atomic E-state index is -0.770. The van der Waals surface area contributed by atoms with E-state index in [1.807, 2.05) is 0 Å². The standard InChI is InChI=1S/5C18H28N4O6/c5*1-2-13-4-3-11-21(13)12-15(24)20-9-7-14(23)19-10-8-18(27)28-22-16(25)5-6-17(22)26/h5*13H,2-12H2,1H3,(H,19,23)(H,20,24)/i2+1,3+1,4+1,11+1,13+1,15+1,18+1,21+1;2+1,3+1,4+1,11+1,12+1,13+1,15+1,21+1;2+1,3+1,4+1,11+1,12+1,13+1,15+1,18+1;1+1,2+1,3+1,4+1,11+1,12+1,13+1,21+1;1+1,2+1,3+1,4+1,11+1,12+1,13+1,15+1. The highest BCUT2D eigenvalue weighted by atomic mass is 16.8. The largest absolute Gasteiger partial charge is 0.355 e. The van der Waals surface area contributed by atoms with Crippen molar-refractivity contribution >= 4 is 148 Å². The highest BCUT2D eigenvalue weighted by Gasteiger charge is 2.39. The summed E-state index contributed by atoms with van der Waals surface area (Å²) < 4.78 is 0. The van der Waals surface area contributed by atoms with Gasteiger partial charge in [-0.3, -0.25) is 120 Å². The Balaban J connectivity index is 0.000000268. The van der Waals surface area contributed by atoms with Crippen LogP contribution in [0.2, 0.25) is 0 Å². The number of carbonyl (C=O) groups excluding carboxylic acids is 25. The van der Waals surface area contributed by atoms with E-state index in [0.717, 1.165) is 129 Å². The molecule has 20 amide bonds. The Kier molecular flexibility index (Phi) is 52.5. The van der Waals surface area contributed by atoms with Gasteiger partial charge in [0.2, 0.25) is 59.1 Å². The summed E-state index contributed by atoms with van der Waals surface area (Å²) in [7, 11) is 0. The van der Waals surface area contributed by atoms with Crippen molar-refractivity contribution in [1.29, 1.82) is 0 Å². The minimum Gasteiger partial charge on any atom is -0.355 e. The summed E-state index contributed by atoms with van der Waals surface area (Å²) in [6.45, 7) is 18.1. The van der Waals surface area contributed by atoms with Crippen LogP contribution < -0.4 is 53.2 Å². The number of hydroxylamine groups is 10. The predicted molar refractivity (Wildman–Crippen MR) is 487 cm³/mol. The zero-order chi connectivity index (χ0) is 103. The van der Waals surface area contributed by atoms with Crippen LogP contribution in [0, 0.1) is 0 Å². The lowest BCUT2D eigenvalue weighted by atomic mass is 10.3. The first-order valence-corrected chi connectivity index (χ1v) is 48.7. The van der Waals surface area contributed by atoms with Crippen LogP contribution in [0.5, 0.6) is 0 Å². The van der Waals surface area contributed by atoms with E-state index in [2.05, 4.69) is 112 Å². The van der Waals surface area contributed by atoms with Crippen molar-refractivity contribution in [2.24, 2.45) is 0 Å². The summed E-state index contributed by atoms with van der Waals surface area (Å²) in [5.41, 5.74) is 0. The fourth-order valence-corrected chi connectivity index (χ4v) is 16.6. The quantitative estimate of drug-likeness (QED) is 0.0170. The maximum absolute atomic E-state index is 12.0. The molecule has 10 aliphatic heterocycles. The van der Waals surface area contributed by atoms with Gasteiger partial charge in [-0.15, -0.1) is 25.3 Å². The van der Waals surface area contributed by atoms with E-state index in [1.165, 1.54) is 0 Å². The van der Waals surface area contributed by atoms with Crippen LogP contribution in [0.3, 0.4) is 0 Å². The maximum Gasteiger partial charge on any atom is 0.334 e. The Bertz CT molecular complexity index is 3650. The van der Waals surface area contributed by atoms with Gasteiger partial charge in [-0.25, -0.2) is 24.0 Å². The molecule has 0 aliphatic carbocycles. The van der Waals surface area contributed by atoms with Crippen LogP contribution in [0.1, 0.15) is 259 Å². The monoisotopic (exact) mass is 2020 g/mol. The van der Waals surface area contributed by atoms with Crippen LogP contribution in [0.25, 0.3) is 0 Å². The van der Waals surface area contributed by atoms with Crippen molar-refractivity contribution in [3.8, 4) is 0 Å². The number of hydrogen-bond acceptors (Lipinski definition) is 35. The van der Waals surface area contributed by atoms with Crippen LogP contribution >= 0.6 is 0 Å². The van der Waals surface area contributed by atoms with Gasteiger partial charge in [0.1, 0.15) is 0 Å². The van der Waals surface area contributed by atoms with Gasteiger partial charge in [0.05, 0.1) is 64.8 Å². The number of nitrogens with one attached hydrogen (secondary N) is 10. The average molecular weight is 2020 g/mol. The summed E-state index contributed by atoms with van der Waals surface area (Å²) in [5.74, 6) is -11.3. The summed E-state index contributed by atoms with van der Waals surface area (Å²) in [4.78, 5) is 324. The van der Waals surface area contributed by atoms with Crippen molar-refractivity contribution in [2.75, 3.05) is 131 Å². The molecule has 0 bridgehead atoms. The van der Waals surface area contributed by atoms with E-state index in [9.17, 15) is 120 Å². The molecule has 0 spiro atoms. The second-order valence-electron chi connectivity index (χ2n) is 34.6. The summed E-state index contributed by atoms with van der Waals surface area (Å²) >= 11 is 0. The van der Waals surface area contributed by atoms with Crippen LogP contribution in [-0.4, -0.2) is 359 Å². The second kappa shape index (κ2) is 63.3. The Morgan fingerprint density at radius 1 is 0.207 bits per heavy atom. The highest BCUT2D eigenvalue weighted by Crippen LogP contribution is 2.25. The van der Waals surface area contributed by atoms with E-state index in [0.29, 0.717) is 88.2 Å². The molecule has 50 heteroatoms. The lowest BCUT2D eigenvalue weighted by Gasteiger charge is -2.22. The van der Waals surface area contributed by atoms with Crippen LogP contribution in [-0.2, 0) is 144 Å². The molecule has 0 aromatic rings. The maximum atomic E-state index is 12.0. The highest BCUT2D eigenvalue weighted by molar-refractivity contribution is 6.04. The van der Waals surface area contributed by atoms with Crippen LogP contribution in [0.4, 0.5) is 0 Å². The molecule has 10 rings (SSSR count). The second-order valence-corrected chi connectivity index (χ2v) is 34.6. The average Bonchev–Trinajstić information content (AvgIpc) is 1.73. The molecular weight excluding hydrogens is 1880 g/mol. The number of imide groups is 5. The molecule has 0 aromatic heterocycles. The van der Waals surface area contributed by atoms with E-state index in [4.69, 9.17) is 24.2 Å². The van der Waals surface area contributed by atoms with E-state index >= 15 is 0 Å². The number of amides is 20. The van der Waals surface area contributed by atoms with E-state index < -0.39 is 88.9 Å². The number of hydrogen-bond donors (Lipinski definition) is 10. The zero-order valence-corrected chi connectivity index (χ0v) is 81.0. The molecule has 50 nitrogen and oxygen atoms in total. The normalized spacial score (nSPS) is 19.8. The van der Waals surface area contributed by atoms with Gasteiger partial charge in [0.15, 0.2) is 0 Å². The third-order valence-electron chi connectivity index (χ3n) is 24.2. The van der Waals surface area contributed by atoms with Gasteiger partial charge < -0.3 is 77.4 Å². The van der Waals surface area contributed by atoms with Gasteiger partial charge in [0.25, 0.3) is 59.1 Å². The third kappa shape index (κ3) is 43.1. The third-order valence-corrected chi connectivity index (χ3v) is 24.2.